The molecule has 152 valence electrons. The Morgan fingerprint density at radius 3 is 2.50 bits per heavy atom. The van der Waals surface area contributed by atoms with E-state index < -0.39 is 0 Å². The second kappa shape index (κ2) is 12.8. The molecule has 0 saturated carbocycles. The Hall–Kier alpha value is -1.63. The van der Waals surface area contributed by atoms with E-state index in [9.17, 15) is 0 Å². The number of para-hydroxylation sites is 1. The first-order valence-electron chi connectivity index (χ1n) is 8.77. The molecule has 4 nitrogen and oxygen atoms in total. The maximum Gasteiger partial charge on any atom is 0.124 e. The van der Waals surface area contributed by atoms with Crippen molar-refractivity contribution in [3.8, 4) is 17.0 Å². The molecule has 2 aromatic carbocycles. The van der Waals surface area contributed by atoms with E-state index in [1.807, 2.05) is 24.7 Å². The molecule has 0 atom stereocenters. The van der Waals surface area contributed by atoms with E-state index in [1.54, 1.807) is 11.3 Å². The van der Waals surface area contributed by atoms with Crippen molar-refractivity contribution in [1.29, 1.82) is 0 Å². The first-order chi connectivity index (χ1) is 12.8. The SMILES string of the molecule is CNCCN(C)Cc1ccccc1OCc1ccc(-c2cscn2)cc1.Cl.Cl. The number of aromatic nitrogens is 1. The Morgan fingerprint density at radius 2 is 1.82 bits per heavy atom. The number of benzene rings is 2. The zero-order valence-electron chi connectivity index (χ0n) is 16.1. The number of nitrogens with one attached hydrogen (secondary N) is 1. The van der Waals surface area contributed by atoms with Crippen molar-refractivity contribution in [1.82, 2.24) is 15.2 Å². The maximum absolute atomic E-state index is 6.10. The number of halogens is 2. The Bertz CT molecular complexity index is 798. The van der Waals surface area contributed by atoms with Crippen molar-refractivity contribution in [2.75, 3.05) is 27.2 Å². The summed E-state index contributed by atoms with van der Waals surface area (Å²) in [5.41, 5.74) is 6.39. The van der Waals surface area contributed by atoms with Gasteiger partial charge in [-0.05, 0) is 25.7 Å². The number of hydrogen-bond acceptors (Lipinski definition) is 5. The average molecular weight is 440 g/mol. The fourth-order valence-electron chi connectivity index (χ4n) is 2.74. The molecule has 0 bridgehead atoms. The quantitative estimate of drug-likeness (QED) is 0.515. The Balaban J connectivity index is 0.00000196. The fraction of sp³-hybridized carbons (Fsp3) is 0.286. The molecule has 0 spiro atoms. The number of nitrogens with zero attached hydrogens (tertiary/aromatic N) is 2. The molecule has 1 heterocycles. The molecular weight excluding hydrogens is 413 g/mol. The van der Waals surface area contributed by atoms with Crippen molar-refractivity contribution in [2.45, 2.75) is 13.2 Å². The van der Waals surface area contributed by atoms with Crippen molar-refractivity contribution >= 4 is 36.2 Å². The Morgan fingerprint density at radius 1 is 1.07 bits per heavy atom. The number of thiazole rings is 1. The van der Waals surface area contributed by atoms with Crippen LogP contribution in [0.5, 0.6) is 5.75 Å². The van der Waals surface area contributed by atoms with Gasteiger partial charge >= 0.3 is 0 Å². The molecule has 0 fully saturated rings. The summed E-state index contributed by atoms with van der Waals surface area (Å²) in [4.78, 5) is 6.64. The third kappa shape index (κ3) is 7.08. The smallest absolute Gasteiger partial charge is 0.124 e. The lowest BCUT2D eigenvalue weighted by molar-refractivity contribution is 0.285. The molecule has 0 aliphatic carbocycles. The molecule has 3 rings (SSSR count). The zero-order chi connectivity index (χ0) is 18.2. The van der Waals surface area contributed by atoms with E-state index in [1.165, 1.54) is 5.56 Å². The monoisotopic (exact) mass is 439 g/mol. The molecule has 0 saturated heterocycles. The van der Waals surface area contributed by atoms with E-state index in [4.69, 9.17) is 4.74 Å². The van der Waals surface area contributed by atoms with Crippen LogP contribution in [0.3, 0.4) is 0 Å². The minimum atomic E-state index is 0. The van der Waals surface area contributed by atoms with Crippen LogP contribution in [-0.2, 0) is 13.2 Å². The van der Waals surface area contributed by atoms with Crippen LogP contribution in [0.25, 0.3) is 11.3 Å². The molecule has 3 aromatic rings. The third-order valence-corrected chi connectivity index (χ3v) is 4.82. The minimum Gasteiger partial charge on any atom is -0.489 e. The van der Waals surface area contributed by atoms with Gasteiger partial charge in [-0.2, -0.15) is 0 Å². The van der Waals surface area contributed by atoms with E-state index in [0.717, 1.165) is 42.2 Å². The number of ether oxygens (including phenoxy) is 1. The van der Waals surface area contributed by atoms with Crippen LogP contribution in [0, 0.1) is 0 Å². The molecule has 1 N–H and O–H groups in total. The molecular formula is C21H27Cl2N3OS. The third-order valence-electron chi connectivity index (χ3n) is 4.23. The summed E-state index contributed by atoms with van der Waals surface area (Å²) < 4.78 is 6.10. The van der Waals surface area contributed by atoms with Gasteiger partial charge in [0.1, 0.15) is 12.4 Å². The van der Waals surface area contributed by atoms with Crippen molar-refractivity contribution in [3.63, 3.8) is 0 Å². The fourth-order valence-corrected chi connectivity index (χ4v) is 3.30. The van der Waals surface area contributed by atoms with Crippen molar-refractivity contribution < 1.29 is 4.74 Å². The first-order valence-corrected chi connectivity index (χ1v) is 9.72. The standard InChI is InChI=1S/C21H25N3OS.2ClH/c1-22-11-12-24(2)13-19-5-3-4-6-21(19)25-14-17-7-9-18(10-8-17)20-15-26-16-23-20;;/h3-10,15-16,22H,11-14H2,1-2H3;2*1H. The van der Waals surface area contributed by atoms with Gasteiger partial charge in [-0.25, -0.2) is 4.98 Å². The lowest BCUT2D eigenvalue weighted by atomic mass is 10.1. The summed E-state index contributed by atoms with van der Waals surface area (Å²) in [7, 11) is 4.11. The van der Waals surface area contributed by atoms with Crippen LogP contribution in [-0.4, -0.2) is 37.1 Å². The molecule has 0 aliphatic rings. The van der Waals surface area contributed by atoms with Crippen LogP contribution in [0.15, 0.2) is 59.4 Å². The summed E-state index contributed by atoms with van der Waals surface area (Å²) in [6, 6.07) is 16.7. The molecule has 0 unspecified atom stereocenters. The number of hydrogen-bond donors (Lipinski definition) is 1. The molecule has 28 heavy (non-hydrogen) atoms. The lowest BCUT2D eigenvalue weighted by Gasteiger charge is -2.19. The second-order valence-electron chi connectivity index (χ2n) is 6.31. The lowest BCUT2D eigenvalue weighted by Crippen LogP contribution is -2.27. The van der Waals surface area contributed by atoms with Crippen molar-refractivity contribution in [3.05, 3.63) is 70.5 Å². The largest absolute Gasteiger partial charge is 0.489 e. The minimum absolute atomic E-state index is 0. The summed E-state index contributed by atoms with van der Waals surface area (Å²) in [5, 5.41) is 5.25. The van der Waals surface area contributed by atoms with Crippen LogP contribution >= 0.6 is 36.2 Å². The van der Waals surface area contributed by atoms with Crippen molar-refractivity contribution in [2.24, 2.45) is 0 Å². The highest BCUT2D eigenvalue weighted by Crippen LogP contribution is 2.22. The summed E-state index contributed by atoms with van der Waals surface area (Å²) in [6.45, 7) is 3.42. The van der Waals surface area contributed by atoms with E-state index in [-0.39, 0.29) is 24.8 Å². The van der Waals surface area contributed by atoms with Crippen LogP contribution in [0.4, 0.5) is 0 Å². The van der Waals surface area contributed by atoms with Gasteiger partial charge in [0.15, 0.2) is 0 Å². The topological polar surface area (TPSA) is 37.4 Å². The van der Waals surface area contributed by atoms with Gasteiger partial charge in [0.25, 0.3) is 0 Å². The van der Waals surface area contributed by atoms with E-state index in [0.29, 0.717) is 6.61 Å². The Kier molecular flexibility index (Phi) is 11.1. The second-order valence-corrected chi connectivity index (χ2v) is 7.03. The highest BCUT2D eigenvalue weighted by Gasteiger charge is 2.07. The van der Waals surface area contributed by atoms with Gasteiger partial charge in [0.2, 0.25) is 0 Å². The van der Waals surface area contributed by atoms with Gasteiger partial charge in [0, 0.05) is 36.1 Å². The predicted octanol–water partition coefficient (Wildman–Crippen LogP) is 4.88. The summed E-state index contributed by atoms with van der Waals surface area (Å²) in [5.74, 6) is 0.951. The van der Waals surface area contributed by atoms with Gasteiger partial charge < -0.3 is 15.0 Å². The maximum atomic E-state index is 6.10. The predicted molar refractivity (Wildman–Crippen MR) is 123 cm³/mol. The summed E-state index contributed by atoms with van der Waals surface area (Å²) in [6.07, 6.45) is 0. The van der Waals surface area contributed by atoms with E-state index in [2.05, 4.69) is 64.0 Å². The van der Waals surface area contributed by atoms with Crippen LogP contribution in [0.1, 0.15) is 11.1 Å². The number of rotatable bonds is 9. The molecule has 0 amide bonds. The summed E-state index contributed by atoms with van der Waals surface area (Å²) >= 11 is 1.61. The van der Waals surface area contributed by atoms with E-state index >= 15 is 0 Å². The number of likely N-dealkylation sites (N-methyl/N-ethyl adjacent to an activating group) is 2. The normalized spacial score (nSPS) is 10.2. The molecule has 1 aromatic heterocycles. The highest BCUT2D eigenvalue weighted by molar-refractivity contribution is 7.07. The molecule has 0 radical (unpaired) electrons. The Labute approximate surface area is 183 Å². The first kappa shape index (κ1) is 24.4. The van der Waals surface area contributed by atoms with Crippen LogP contribution in [0.2, 0.25) is 0 Å². The average Bonchev–Trinajstić information content (AvgIpc) is 3.21. The van der Waals surface area contributed by atoms with Gasteiger partial charge in [-0.15, -0.1) is 36.2 Å². The van der Waals surface area contributed by atoms with Gasteiger partial charge in [0.05, 0.1) is 11.2 Å². The molecule has 0 aliphatic heterocycles. The highest BCUT2D eigenvalue weighted by atomic mass is 35.5. The van der Waals surface area contributed by atoms with Crippen LogP contribution < -0.4 is 10.1 Å². The molecule has 7 heteroatoms. The van der Waals surface area contributed by atoms with Gasteiger partial charge in [-0.3, -0.25) is 0 Å². The zero-order valence-corrected chi connectivity index (χ0v) is 18.6. The van der Waals surface area contributed by atoms with Gasteiger partial charge in [-0.1, -0.05) is 42.5 Å².